The van der Waals surface area contributed by atoms with Gasteiger partial charge in [0.05, 0.1) is 19.3 Å². The first-order valence-corrected chi connectivity index (χ1v) is 9.60. The minimum atomic E-state index is -0.731. The van der Waals surface area contributed by atoms with E-state index in [0.29, 0.717) is 31.8 Å². The number of nitrogens with zero attached hydrogens (tertiary/aromatic N) is 1. The lowest BCUT2D eigenvalue weighted by molar-refractivity contribution is 0.00696. The normalized spacial score (nSPS) is 12.3. The first kappa shape index (κ1) is 21.1. The van der Waals surface area contributed by atoms with Crippen LogP contribution >= 0.6 is 0 Å². The Kier molecular flexibility index (Phi) is 7.87. The highest BCUT2D eigenvalue weighted by Crippen LogP contribution is 2.14. The molecule has 0 radical (unpaired) electrons. The Bertz CT molecular complexity index is 872. The molecule has 0 fully saturated rings. The molecule has 29 heavy (non-hydrogen) atoms. The smallest absolute Gasteiger partial charge is 0.127 e. The fraction of sp³-hybridized carbons (Fsp3) is 0.250. The SMILES string of the molecule is O[C@@H](COCc1ccccc1)CN(Cc1ccc(F)cc1)Cc1ccccc1F. The van der Waals surface area contributed by atoms with E-state index < -0.39 is 6.10 Å². The summed E-state index contributed by atoms with van der Waals surface area (Å²) >= 11 is 0. The van der Waals surface area contributed by atoms with E-state index in [4.69, 9.17) is 4.74 Å². The number of halogens is 2. The van der Waals surface area contributed by atoms with Crippen molar-refractivity contribution in [3.63, 3.8) is 0 Å². The van der Waals surface area contributed by atoms with Gasteiger partial charge in [0.25, 0.3) is 0 Å². The average Bonchev–Trinajstić information content (AvgIpc) is 2.72. The van der Waals surface area contributed by atoms with E-state index in [9.17, 15) is 13.9 Å². The molecule has 1 atom stereocenters. The van der Waals surface area contributed by atoms with Gasteiger partial charge >= 0.3 is 0 Å². The number of aliphatic hydroxyl groups is 1. The minimum Gasteiger partial charge on any atom is -0.389 e. The molecular formula is C24H25F2NO2. The Balaban J connectivity index is 1.60. The van der Waals surface area contributed by atoms with Crippen LogP contribution in [-0.4, -0.2) is 29.3 Å². The molecule has 0 amide bonds. The van der Waals surface area contributed by atoms with Gasteiger partial charge in [-0.1, -0.05) is 60.7 Å². The van der Waals surface area contributed by atoms with Gasteiger partial charge in [0.1, 0.15) is 11.6 Å². The van der Waals surface area contributed by atoms with E-state index in [1.54, 1.807) is 30.3 Å². The van der Waals surface area contributed by atoms with Crippen LogP contribution in [0.2, 0.25) is 0 Å². The fourth-order valence-electron chi connectivity index (χ4n) is 3.14. The standard InChI is InChI=1S/C24H25F2NO2/c25-22-12-10-19(11-13-22)14-27(15-21-8-4-5-9-24(21)26)16-23(28)18-29-17-20-6-2-1-3-7-20/h1-13,23,28H,14-18H2/t23-/m1/s1. The van der Waals surface area contributed by atoms with Crippen molar-refractivity contribution in [1.82, 2.24) is 4.90 Å². The van der Waals surface area contributed by atoms with Gasteiger partial charge < -0.3 is 9.84 Å². The predicted octanol–water partition coefficient (Wildman–Crippen LogP) is 4.54. The third-order valence-corrected chi connectivity index (χ3v) is 4.56. The van der Waals surface area contributed by atoms with Gasteiger partial charge in [0.2, 0.25) is 0 Å². The zero-order valence-electron chi connectivity index (χ0n) is 16.2. The van der Waals surface area contributed by atoms with Gasteiger partial charge in [0.15, 0.2) is 0 Å². The molecule has 5 heteroatoms. The summed E-state index contributed by atoms with van der Waals surface area (Å²) in [6, 6.07) is 22.5. The molecule has 1 N–H and O–H groups in total. The summed E-state index contributed by atoms with van der Waals surface area (Å²) in [6.45, 7) is 1.69. The highest BCUT2D eigenvalue weighted by atomic mass is 19.1. The highest BCUT2D eigenvalue weighted by Gasteiger charge is 2.15. The first-order valence-electron chi connectivity index (χ1n) is 9.60. The second kappa shape index (κ2) is 10.8. The Morgan fingerprint density at radius 3 is 2.21 bits per heavy atom. The molecule has 0 unspecified atom stereocenters. The van der Waals surface area contributed by atoms with Gasteiger partial charge in [-0.2, -0.15) is 0 Å². The van der Waals surface area contributed by atoms with Crippen molar-refractivity contribution < 1.29 is 18.6 Å². The zero-order valence-corrected chi connectivity index (χ0v) is 16.2. The van der Waals surface area contributed by atoms with Crippen LogP contribution in [0.3, 0.4) is 0 Å². The number of ether oxygens (including phenoxy) is 1. The Morgan fingerprint density at radius 1 is 0.793 bits per heavy atom. The molecule has 0 spiro atoms. The molecule has 152 valence electrons. The minimum absolute atomic E-state index is 0.173. The van der Waals surface area contributed by atoms with Crippen molar-refractivity contribution in [3.8, 4) is 0 Å². The maximum Gasteiger partial charge on any atom is 0.127 e. The van der Waals surface area contributed by atoms with Gasteiger partial charge in [-0.15, -0.1) is 0 Å². The molecule has 3 rings (SSSR count). The van der Waals surface area contributed by atoms with E-state index in [1.807, 2.05) is 35.2 Å². The quantitative estimate of drug-likeness (QED) is 0.545. The van der Waals surface area contributed by atoms with E-state index in [-0.39, 0.29) is 18.2 Å². The van der Waals surface area contributed by atoms with Crippen molar-refractivity contribution in [2.24, 2.45) is 0 Å². The Morgan fingerprint density at radius 2 is 1.48 bits per heavy atom. The summed E-state index contributed by atoms with van der Waals surface area (Å²) in [5, 5.41) is 10.4. The summed E-state index contributed by atoms with van der Waals surface area (Å²) in [5.41, 5.74) is 2.47. The number of hydrogen-bond acceptors (Lipinski definition) is 3. The number of hydrogen-bond donors (Lipinski definition) is 1. The second-order valence-corrected chi connectivity index (χ2v) is 7.04. The summed E-state index contributed by atoms with van der Waals surface area (Å²) in [5.74, 6) is -0.588. The maximum atomic E-state index is 14.1. The molecule has 0 saturated heterocycles. The average molecular weight is 397 g/mol. The summed E-state index contributed by atoms with van der Waals surface area (Å²) in [4.78, 5) is 1.93. The van der Waals surface area contributed by atoms with E-state index in [0.717, 1.165) is 11.1 Å². The van der Waals surface area contributed by atoms with Crippen LogP contribution in [0.4, 0.5) is 8.78 Å². The topological polar surface area (TPSA) is 32.7 Å². The summed E-state index contributed by atoms with van der Waals surface area (Å²) in [7, 11) is 0. The van der Waals surface area contributed by atoms with Crippen molar-refractivity contribution >= 4 is 0 Å². The van der Waals surface area contributed by atoms with Gasteiger partial charge in [-0.3, -0.25) is 4.90 Å². The lowest BCUT2D eigenvalue weighted by atomic mass is 10.1. The molecule has 0 aromatic heterocycles. The molecule has 3 aromatic carbocycles. The van der Waals surface area contributed by atoms with E-state index >= 15 is 0 Å². The van der Waals surface area contributed by atoms with Gasteiger partial charge in [-0.25, -0.2) is 8.78 Å². The van der Waals surface area contributed by atoms with Crippen molar-refractivity contribution in [2.45, 2.75) is 25.8 Å². The molecular weight excluding hydrogens is 372 g/mol. The molecule has 0 aliphatic rings. The van der Waals surface area contributed by atoms with Gasteiger partial charge in [0, 0.05) is 25.2 Å². The lowest BCUT2D eigenvalue weighted by Gasteiger charge is -2.25. The Labute approximate surface area is 170 Å². The van der Waals surface area contributed by atoms with Crippen LogP contribution < -0.4 is 0 Å². The van der Waals surface area contributed by atoms with Crippen LogP contribution in [0.25, 0.3) is 0 Å². The van der Waals surface area contributed by atoms with E-state index in [1.165, 1.54) is 18.2 Å². The molecule has 3 nitrogen and oxygen atoms in total. The number of rotatable bonds is 10. The number of benzene rings is 3. The largest absolute Gasteiger partial charge is 0.389 e. The van der Waals surface area contributed by atoms with Crippen molar-refractivity contribution in [1.29, 1.82) is 0 Å². The van der Waals surface area contributed by atoms with Crippen LogP contribution in [0, 0.1) is 11.6 Å². The maximum absolute atomic E-state index is 14.1. The van der Waals surface area contributed by atoms with Gasteiger partial charge in [-0.05, 0) is 29.3 Å². The predicted molar refractivity (Wildman–Crippen MR) is 109 cm³/mol. The van der Waals surface area contributed by atoms with Crippen LogP contribution in [0.1, 0.15) is 16.7 Å². The summed E-state index contributed by atoms with van der Waals surface area (Å²) < 4.78 is 32.9. The Hall–Kier alpha value is -2.60. The summed E-state index contributed by atoms with van der Waals surface area (Å²) in [6.07, 6.45) is -0.731. The molecule has 0 aliphatic carbocycles. The third-order valence-electron chi connectivity index (χ3n) is 4.56. The van der Waals surface area contributed by atoms with Crippen LogP contribution in [-0.2, 0) is 24.4 Å². The molecule has 0 heterocycles. The second-order valence-electron chi connectivity index (χ2n) is 7.04. The molecule has 0 aliphatic heterocycles. The number of aliphatic hydroxyl groups excluding tert-OH is 1. The van der Waals surface area contributed by atoms with Crippen LogP contribution in [0.5, 0.6) is 0 Å². The molecule has 0 bridgehead atoms. The highest BCUT2D eigenvalue weighted by molar-refractivity contribution is 5.19. The van der Waals surface area contributed by atoms with E-state index in [2.05, 4.69) is 0 Å². The molecule has 3 aromatic rings. The van der Waals surface area contributed by atoms with Crippen molar-refractivity contribution in [3.05, 3.63) is 107 Å². The zero-order chi connectivity index (χ0) is 20.5. The third kappa shape index (κ3) is 7.06. The first-order chi connectivity index (χ1) is 14.1. The monoisotopic (exact) mass is 397 g/mol. The van der Waals surface area contributed by atoms with Crippen molar-refractivity contribution in [2.75, 3.05) is 13.2 Å². The van der Waals surface area contributed by atoms with Crippen LogP contribution in [0.15, 0.2) is 78.9 Å². The fourth-order valence-corrected chi connectivity index (χ4v) is 3.14. The molecule has 0 saturated carbocycles. The lowest BCUT2D eigenvalue weighted by Crippen LogP contribution is -2.34.